The van der Waals surface area contributed by atoms with Crippen molar-refractivity contribution in [3.63, 3.8) is 0 Å². The molecule has 0 bridgehead atoms. The number of hydrogen-bond donors (Lipinski definition) is 0. The van der Waals surface area contributed by atoms with E-state index in [4.69, 9.17) is 0 Å². The zero-order valence-corrected chi connectivity index (χ0v) is 24.9. The van der Waals surface area contributed by atoms with E-state index in [2.05, 4.69) is 90.7 Å². The van der Waals surface area contributed by atoms with Crippen LogP contribution in [0.3, 0.4) is 0 Å². The molecule has 0 aromatic rings. The topological polar surface area (TPSA) is 47.6 Å². The summed E-state index contributed by atoms with van der Waals surface area (Å²) in [5, 5.41) is 19.6. The van der Waals surface area contributed by atoms with Crippen LogP contribution in [-0.4, -0.2) is 46.6 Å². The Bertz CT molecular complexity index is 464. The first-order valence-corrected chi connectivity index (χ1v) is 27.5. The van der Waals surface area contributed by atoms with E-state index in [-0.39, 0.29) is 4.75 Å². The van der Waals surface area contributed by atoms with E-state index in [0.717, 1.165) is 7.99 Å². The van der Waals surface area contributed by atoms with Gasteiger partial charge < -0.3 is 0 Å². The Morgan fingerprint density at radius 1 is 0.640 bits per heavy atom. The van der Waals surface area contributed by atoms with E-state index in [9.17, 15) is 10.5 Å². The predicted octanol–water partition coefficient (Wildman–Crippen LogP) is 6.54. The Balaban J connectivity index is 6.73. The minimum atomic E-state index is -1.80. The van der Waals surface area contributed by atoms with Crippen molar-refractivity contribution in [1.29, 1.82) is 10.5 Å². The van der Waals surface area contributed by atoms with E-state index in [1.54, 1.807) is 0 Å². The number of nitriles is 2. The summed E-state index contributed by atoms with van der Waals surface area (Å²) in [5.41, 5.74) is 0. The molecule has 1 radical (unpaired) electrons. The van der Waals surface area contributed by atoms with Gasteiger partial charge in [-0.3, -0.25) is 0 Å². The first kappa shape index (κ1) is 25.4. The van der Waals surface area contributed by atoms with Crippen molar-refractivity contribution < 1.29 is 0 Å². The second-order valence-electron chi connectivity index (χ2n) is 11.9. The van der Waals surface area contributed by atoms with Crippen molar-refractivity contribution >= 4 is 46.6 Å². The molecule has 143 valence electrons. The molecule has 0 fully saturated rings. The zero-order chi connectivity index (χ0) is 20.4. The zero-order valence-electron chi connectivity index (χ0n) is 18.8. The molecular formula is C18H41GeN2Si4. The maximum atomic E-state index is 10.1. The third-order valence-electron chi connectivity index (χ3n) is 4.98. The fourth-order valence-electron chi connectivity index (χ4n) is 5.50. The van der Waals surface area contributed by atoms with Crippen molar-refractivity contribution in [2.75, 3.05) is 0 Å². The van der Waals surface area contributed by atoms with Gasteiger partial charge in [0.25, 0.3) is 0 Å². The molecule has 1 unspecified atom stereocenters. The molecule has 7 heteroatoms. The van der Waals surface area contributed by atoms with Crippen LogP contribution in [0.4, 0.5) is 0 Å². The molecule has 0 aliphatic carbocycles. The van der Waals surface area contributed by atoms with Gasteiger partial charge >= 0.3 is 167 Å². The van der Waals surface area contributed by atoms with Crippen molar-refractivity contribution in [3.8, 4) is 12.1 Å². The van der Waals surface area contributed by atoms with Crippen LogP contribution in [0.1, 0.15) is 6.42 Å². The summed E-state index contributed by atoms with van der Waals surface area (Å²) in [6.07, 6.45) is 0.475. The minimum absolute atomic E-state index is 0.0666. The van der Waals surface area contributed by atoms with Crippen molar-refractivity contribution in [2.24, 2.45) is 0 Å². The van der Waals surface area contributed by atoms with Gasteiger partial charge in [-0.05, 0) is 0 Å². The third-order valence-corrected chi connectivity index (χ3v) is 56.2. The fourth-order valence-corrected chi connectivity index (χ4v) is 70.0. The summed E-state index contributed by atoms with van der Waals surface area (Å²) < 4.78 is 1.76. The van der Waals surface area contributed by atoms with Crippen LogP contribution in [0.25, 0.3) is 0 Å². The van der Waals surface area contributed by atoms with Gasteiger partial charge in [0.05, 0.1) is 0 Å². The maximum absolute atomic E-state index is 10.1. The Labute approximate surface area is 166 Å². The first-order chi connectivity index (χ1) is 10.9. The standard InChI is InChI=1S/C18H41GeN2Si4/c1-22(2,3)17(23(4,5)6)19(16(15-21)13-14-20)18(24(7,8)9)25(10,11)12/h16-18H,13H2,1-12H3. The average Bonchev–Trinajstić information content (AvgIpc) is 2.27. The summed E-state index contributed by atoms with van der Waals surface area (Å²) in [5.74, 6) is 0. The van der Waals surface area contributed by atoms with E-state index >= 15 is 0 Å². The SMILES string of the molecule is C[Si](C)(C)[CH]([Ge]([CH](C#N)CC#N)[CH]([Si](C)(C)C)[Si](C)(C)C)[Si](C)(C)C. The monoisotopic (exact) mass is 471 g/mol. The fraction of sp³-hybridized carbons (Fsp3) is 0.889. The average molecular weight is 470 g/mol. The summed E-state index contributed by atoms with van der Waals surface area (Å²) in [6.45, 7) is 30.4. The molecule has 2 nitrogen and oxygen atoms in total. The Morgan fingerprint density at radius 3 is 1.08 bits per heavy atom. The summed E-state index contributed by atoms with van der Waals surface area (Å²) in [6, 6.07) is 5.09. The molecule has 0 heterocycles. The van der Waals surface area contributed by atoms with Crippen molar-refractivity contribution in [2.45, 2.75) is 97.7 Å². The quantitative estimate of drug-likeness (QED) is 0.378. The van der Waals surface area contributed by atoms with Gasteiger partial charge in [-0.25, -0.2) is 0 Å². The Morgan fingerprint density at radius 2 is 0.920 bits per heavy atom. The third kappa shape index (κ3) is 7.14. The Kier molecular flexibility index (Phi) is 8.73. The molecular weight excluding hydrogens is 429 g/mol. The molecule has 0 aliphatic heterocycles. The van der Waals surface area contributed by atoms with Crippen LogP contribution < -0.4 is 0 Å². The Hall–Kier alpha value is 0.390. The van der Waals surface area contributed by atoms with Gasteiger partial charge in [0.15, 0.2) is 0 Å². The van der Waals surface area contributed by atoms with Crippen LogP contribution >= 0.6 is 0 Å². The van der Waals surface area contributed by atoms with E-state index in [1.165, 1.54) is 0 Å². The van der Waals surface area contributed by atoms with Crippen LogP contribution in [0.15, 0.2) is 0 Å². The predicted molar refractivity (Wildman–Crippen MR) is 126 cm³/mol. The molecule has 1 atom stereocenters. The molecule has 0 aromatic carbocycles. The molecule has 0 aromatic heterocycles. The molecule has 0 saturated carbocycles. The molecule has 0 aliphatic rings. The van der Waals surface area contributed by atoms with Crippen molar-refractivity contribution in [1.82, 2.24) is 0 Å². The summed E-state index contributed by atoms with van der Waals surface area (Å²) in [4.78, 5) is 0. The van der Waals surface area contributed by atoms with E-state index in [0.29, 0.717) is 6.42 Å². The van der Waals surface area contributed by atoms with Crippen LogP contribution in [0.5, 0.6) is 0 Å². The van der Waals surface area contributed by atoms with Gasteiger partial charge in [-0.1, -0.05) is 0 Å². The van der Waals surface area contributed by atoms with E-state index in [1.807, 2.05) is 0 Å². The van der Waals surface area contributed by atoms with Crippen LogP contribution in [-0.2, 0) is 0 Å². The summed E-state index contributed by atoms with van der Waals surface area (Å²) >= 11 is -1.80. The van der Waals surface area contributed by atoms with Gasteiger partial charge in [-0.15, -0.1) is 0 Å². The van der Waals surface area contributed by atoms with Gasteiger partial charge in [0.2, 0.25) is 0 Å². The molecule has 0 N–H and O–H groups in total. The molecule has 0 rings (SSSR count). The normalized spacial score (nSPS) is 15.4. The molecule has 0 amide bonds. The first-order valence-electron chi connectivity index (χ1n) is 9.52. The summed E-state index contributed by atoms with van der Waals surface area (Å²) in [7, 11) is -5.58. The van der Waals surface area contributed by atoms with Gasteiger partial charge in [0.1, 0.15) is 0 Å². The second-order valence-corrected chi connectivity index (χ2v) is 45.1. The molecule has 0 spiro atoms. The number of hydrogen-bond acceptors (Lipinski definition) is 2. The van der Waals surface area contributed by atoms with Gasteiger partial charge in [-0.2, -0.15) is 0 Å². The van der Waals surface area contributed by atoms with Crippen molar-refractivity contribution in [3.05, 3.63) is 0 Å². The number of nitrogens with zero attached hydrogens (tertiary/aromatic N) is 2. The second kappa shape index (κ2) is 8.60. The number of rotatable bonds is 8. The van der Waals surface area contributed by atoms with Crippen LogP contribution in [0.2, 0.25) is 91.3 Å². The van der Waals surface area contributed by atoms with E-state index < -0.39 is 46.6 Å². The molecule has 0 saturated heterocycles. The van der Waals surface area contributed by atoms with Crippen LogP contribution in [0, 0.1) is 22.7 Å². The molecule has 25 heavy (non-hydrogen) atoms. The van der Waals surface area contributed by atoms with Gasteiger partial charge in [0, 0.05) is 0 Å².